The Morgan fingerprint density at radius 1 is 0.964 bits per heavy atom. The van der Waals surface area contributed by atoms with Crippen LogP contribution in [-0.4, -0.2) is 45.7 Å². The van der Waals surface area contributed by atoms with E-state index in [2.05, 4.69) is 13.8 Å². The van der Waals surface area contributed by atoms with Gasteiger partial charge in [-0.1, -0.05) is 13.8 Å². The smallest absolute Gasteiger partial charge is 0.306 e. The summed E-state index contributed by atoms with van der Waals surface area (Å²) < 4.78 is 5.28. The molecule has 4 saturated carbocycles. The molecule has 4 aliphatic carbocycles. The Morgan fingerprint density at radius 2 is 1.71 bits per heavy atom. The number of aliphatic hydroxyl groups excluding tert-OH is 2. The first kappa shape index (κ1) is 19.3. The molecule has 5 rings (SSSR count). The molecule has 5 nitrogen and oxygen atoms in total. The fourth-order valence-electron chi connectivity index (χ4n) is 8.83. The quantitative estimate of drug-likeness (QED) is 0.597. The van der Waals surface area contributed by atoms with Crippen molar-refractivity contribution in [3.05, 3.63) is 0 Å². The Balaban J connectivity index is 1.44. The van der Waals surface area contributed by atoms with Crippen molar-refractivity contribution in [2.75, 3.05) is 6.61 Å². The van der Waals surface area contributed by atoms with E-state index >= 15 is 0 Å². The molecule has 0 unspecified atom stereocenters. The molecule has 0 radical (unpaired) electrons. The van der Waals surface area contributed by atoms with Crippen LogP contribution in [0.3, 0.4) is 0 Å². The molecule has 0 aromatic rings. The lowest BCUT2D eigenvalue weighted by atomic mass is 9.43. The first-order valence-corrected chi connectivity index (χ1v) is 11.4. The molecule has 28 heavy (non-hydrogen) atoms. The van der Waals surface area contributed by atoms with Crippen LogP contribution in [0.5, 0.6) is 0 Å². The summed E-state index contributed by atoms with van der Waals surface area (Å²) in [5.74, 6) is 1.64. The van der Waals surface area contributed by atoms with Crippen LogP contribution in [0.1, 0.15) is 71.6 Å². The Morgan fingerprint density at radius 3 is 2.43 bits per heavy atom. The zero-order valence-corrected chi connectivity index (χ0v) is 17.3. The summed E-state index contributed by atoms with van der Waals surface area (Å²) in [6.07, 6.45) is 6.56. The summed E-state index contributed by atoms with van der Waals surface area (Å²) >= 11 is 0. The summed E-state index contributed by atoms with van der Waals surface area (Å²) in [5.41, 5.74) is -0.826. The summed E-state index contributed by atoms with van der Waals surface area (Å²) in [6.45, 7) is 5.11. The average Bonchev–Trinajstić information content (AvgIpc) is 3.17. The van der Waals surface area contributed by atoms with Gasteiger partial charge in [0.05, 0.1) is 30.8 Å². The van der Waals surface area contributed by atoms with Gasteiger partial charge in [0.15, 0.2) is 0 Å². The molecule has 1 heterocycles. The van der Waals surface area contributed by atoms with Crippen molar-refractivity contribution >= 4 is 5.97 Å². The van der Waals surface area contributed by atoms with Crippen molar-refractivity contribution < 1.29 is 24.9 Å². The van der Waals surface area contributed by atoms with Gasteiger partial charge in [0.2, 0.25) is 0 Å². The Hall–Kier alpha value is -0.650. The monoisotopic (exact) mass is 392 g/mol. The summed E-state index contributed by atoms with van der Waals surface area (Å²) in [7, 11) is 0. The lowest BCUT2D eigenvalue weighted by molar-refractivity contribution is -0.222. The number of carbonyl (C=O) groups is 1. The van der Waals surface area contributed by atoms with E-state index in [4.69, 9.17) is 4.74 Å². The van der Waals surface area contributed by atoms with E-state index in [-0.39, 0.29) is 28.6 Å². The second-order valence-electron chi connectivity index (χ2n) is 11.2. The number of carbonyl (C=O) groups excluding carboxylic acids is 1. The first-order valence-electron chi connectivity index (χ1n) is 11.4. The minimum absolute atomic E-state index is 0.00312. The minimum Gasteiger partial charge on any atom is -0.465 e. The van der Waals surface area contributed by atoms with Crippen LogP contribution in [0.15, 0.2) is 0 Å². The average molecular weight is 393 g/mol. The molecule has 0 aromatic carbocycles. The standard InChI is InChI=1S/C23H36O5/c1-21-11-19(25)18(24)10-14(21)3-4-17-16(21)5-7-22(2)15(6-8-23(17,22)27)13-9-20(26)28-12-13/h13-19,24-25,27H,3-12H2,1-2H3/t13-,14-,15+,16-,17+,18+,19+,21-,22+,23-/m0/s1. The summed E-state index contributed by atoms with van der Waals surface area (Å²) in [6, 6.07) is 0. The Bertz CT molecular complexity index is 665. The highest BCUT2D eigenvalue weighted by Gasteiger charge is 2.68. The topological polar surface area (TPSA) is 87.0 Å². The highest BCUT2D eigenvalue weighted by Crippen LogP contribution is 2.70. The lowest BCUT2D eigenvalue weighted by Crippen LogP contribution is -2.63. The van der Waals surface area contributed by atoms with Crippen molar-refractivity contribution in [3.8, 4) is 0 Å². The zero-order valence-electron chi connectivity index (χ0n) is 17.3. The second kappa shape index (κ2) is 6.18. The van der Waals surface area contributed by atoms with E-state index in [0.29, 0.717) is 43.6 Å². The molecule has 1 saturated heterocycles. The van der Waals surface area contributed by atoms with Crippen LogP contribution in [0.2, 0.25) is 0 Å². The van der Waals surface area contributed by atoms with Gasteiger partial charge in [0, 0.05) is 5.92 Å². The highest BCUT2D eigenvalue weighted by molar-refractivity contribution is 5.71. The van der Waals surface area contributed by atoms with Gasteiger partial charge in [-0.15, -0.1) is 0 Å². The number of hydrogen-bond donors (Lipinski definition) is 3. The van der Waals surface area contributed by atoms with Gasteiger partial charge in [-0.25, -0.2) is 0 Å². The fourth-order valence-corrected chi connectivity index (χ4v) is 8.83. The third-order valence-corrected chi connectivity index (χ3v) is 10.4. The van der Waals surface area contributed by atoms with Crippen LogP contribution in [0.25, 0.3) is 0 Å². The van der Waals surface area contributed by atoms with Crippen LogP contribution in [0, 0.1) is 40.4 Å². The van der Waals surface area contributed by atoms with Crippen molar-refractivity contribution in [2.45, 2.75) is 89.4 Å². The molecule has 1 aliphatic heterocycles. The Kier molecular flexibility index (Phi) is 4.26. The molecule has 5 heteroatoms. The van der Waals surface area contributed by atoms with E-state index in [1.807, 2.05) is 0 Å². The fraction of sp³-hybridized carbons (Fsp3) is 0.957. The maximum absolute atomic E-state index is 12.1. The molecule has 3 N–H and O–H groups in total. The molecular formula is C23H36O5. The van der Waals surface area contributed by atoms with Crippen molar-refractivity contribution in [1.82, 2.24) is 0 Å². The molecule has 5 aliphatic rings. The van der Waals surface area contributed by atoms with Gasteiger partial charge in [-0.05, 0) is 85.9 Å². The summed E-state index contributed by atoms with van der Waals surface area (Å²) in [5, 5.41) is 32.8. The molecule has 0 spiro atoms. The van der Waals surface area contributed by atoms with E-state index < -0.39 is 17.8 Å². The van der Waals surface area contributed by atoms with Gasteiger partial charge in [-0.2, -0.15) is 0 Å². The molecule has 158 valence electrons. The molecule has 0 amide bonds. The second-order valence-corrected chi connectivity index (χ2v) is 11.2. The minimum atomic E-state index is -0.679. The third kappa shape index (κ3) is 2.39. The number of cyclic esters (lactones) is 1. The van der Waals surface area contributed by atoms with E-state index in [1.165, 1.54) is 0 Å². The maximum Gasteiger partial charge on any atom is 0.306 e. The van der Waals surface area contributed by atoms with Crippen molar-refractivity contribution in [3.63, 3.8) is 0 Å². The highest BCUT2D eigenvalue weighted by atomic mass is 16.5. The SMILES string of the molecule is C[C@]12C[C@@H](O)[C@H](O)C[C@@H]1CC[C@@H]1[C@@H]2CC[C@]2(C)[C@@H]([C@@H]3COC(=O)C3)CC[C@]12O. The predicted octanol–water partition coefficient (Wildman–Crippen LogP) is 2.66. The Labute approximate surface area is 167 Å². The van der Waals surface area contributed by atoms with Gasteiger partial charge >= 0.3 is 5.97 Å². The van der Waals surface area contributed by atoms with Gasteiger partial charge in [-0.3, -0.25) is 4.79 Å². The normalized spacial score (nSPS) is 58.6. The molecular weight excluding hydrogens is 356 g/mol. The van der Waals surface area contributed by atoms with Gasteiger partial charge in [0.1, 0.15) is 0 Å². The number of aliphatic hydroxyl groups is 3. The van der Waals surface area contributed by atoms with Gasteiger partial charge < -0.3 is 20.1 Å². The summed E-state index contributed by atoms with van der Waals surface area (Å²) in [4.78, 5) is 11.7. The number of rotatable bonds is 1. The van der Waals surface area contributed by atoms with E-state index in [1.54, 1.807) is 0 Å². The predicted molar refractivity (Wildman–Crippen MR) is 103 cm³/mol. The van der Waals surface area contributed by atoms with Crippen LogP contribution < -0.4 is 0 Å². The maximum atomic E-state index is 12.1. The van der Waals surface area contributed by atoms with Crippen molar-refractivity contribution in [2.24, 2.45) is 40.4 Å². The molecule has 0 aromatic heterocycles. The number of hydrogen-bond acceptors (Lipinski definition) is 5. The first-order chi connectivity index (χ1) is 13.2. The van der Waals surface area contributed by atoms with E-state index in [0.717, 1.165) is 38.5 Å². The lowest BCUT2D eigenvalue weighted by Gasteiger charge is -2.64. The number of fused-ring (bicyclic) bond motifs is 5. The van der Waals surface area contributed by atoms with Crippen LogP contribution >= 0.6 is 0 Å². The largest absolute Gasteiger partial charge is 0.465 e. The number of esters is 1. The zero-order chi connectivity index (χ0) is 19.9. The number of ether oxygens (including phenoxy) is 1. The van der Waals surface area contributed by atoms with E-state index in [9.17, 15) is 20.1 Å². The molecule has 0 bridgehead atoms. The molecule has 10 atom stereocenters. The van der Waals surface area contributed by atoms with Crippen LogP contribution in [0.4, 0.5) is 0 Å². The van der Waals surface area contributed by atoms with Crippen molar-refractivity contribution in [1.29, 1.82) is 0 Å². The third-order valence-electron chi connectivity index (χ3n) is 10.4. The van der Waals surface area contributed by atoms with Crippen LogP contribution in [-0.2, 0) is 9.53 Å². The molecule has 5 fully saturated rings. The van der Waals surface area contributed by atoms with Gasteiger partial charge in [0.25, 0.3) is 0 Å².